The minimum absolute atomic E-state index is 0.290. The van der Waals surface area contributed by atoms with Gasteiger partial charge in [-0.1, -0.05) is 125 Å². The molecule has 0 bridgehead atoms. The van der Waals surface area contributed by atoms with E-state index in [1.807, 2.05) is 0 Å². The van der Waals surface area contributed by atoms with Crippen LogP contribution in [0.5, 0.6) is 0 Å². The van der Waals surface area contributed by atoms with Crippen molar-refractivity contribution in [3.63, 3.8) is 0 Å². The number of hydrogen-bond donors (Lipinski definition) is 0. The molecule has 0 heteroatoms. The van der Waals surface area contributed by atoms with Gasteiger partial charge in [0.1, 0.15) is 0 Å². The quantitative estimate of drug-likeness (QED) is 0.320. The minimum Gasteiger partial charge on any atom is -0.0986 e. The Labute approximate surface area is 239 Å². The first-order chi connectivity index (χ1) is 18.5. The van der Waals surface area contributed by atoms with E-state index in [0.29, 0.717) is 11.8 Å². The number of aryl methyl sites for hydroxylation is 2. The van der Waals surface area contributed by atoms with E-state index in [1.54, 1.807) is 5.56 Å². The molecule has 0 radical (unpaired) electrons. The first-order valence-corrected chi connectivity index (χ1v) is 15.5. The van der Waals surface area contributed by atoms with Crippen molar-refractivity contribution in [1.82, 2.24) is 0 Å². The molecule has 3 aliphatic carbocycles. The monoisotopic (exact) mass is 518 g/mol. The second-order valence-electron chi connectivity index (χ2n) is 14.2. The van der Waals surface area contributed by atoms with E-state index in [9.17, 15) is 0 Å². The minimum atomic E-state index is 0.290. The Morgan fingerprint density at radius 3 is 2.46 bits per heavy atom. The third kappa shape index (κ3) is 5.96. The molecule has 0 saturated heterocycles. The summed E-state index contributed by atoms with van der Waals surface area (Å²) in [5.74, 6) is 2.51. The van der Waals surface area contributed by atoms with Crippen LogP contribution in [0.4, 0.5) is 0 Å². The summed E-state index contributed by atoms with van der Waals surface area (Å²) in [5.41, 5.74) is 14.7. The normalized spacial score (nSPS) is 24.8. The van der Waals surface area contributed by atoms with Crippen LogP contribution in [0.3, 0.4) is 0 Å². The van der Waals surface area contributed by atoms with Gasteiger partial charge in [0, 0.05) is 5.92 Å². The molecule has 1 fully saturated rings. The second-order valence-corrected chi connectivity index (χ2v) is 14.2. The van der Waals surface area contributed by atoms with Crippen LogP contribution in [-0.2, 0) is 12.8 Å². The predicted molar refractivity (Wildman–Crippen MR) is 171 cm³/mol. The van der Waals surface area contributed by atoms with E-state index in [0.717, 1.165) is 31.1 Å². The van der Waals surface area contributed by atoms with E-state index < -0.39 is 0 Å². The van der Waals surface area contributed by atoms with Gasteiger partial charge < -0.3 is 0 Å². The van der Waals surface area contributed by atoms with E-state index in [-0.39, 0.29) is 5.41 Å². The Kier molecular flexibility index (Phi) is 7.96. The molecule has 3 unspecified atom stereocenters. The summed E-state index contributed by atoms with van der Waals surface area (Å²) in [6.45, 7) is 23.1. The smallest absolute Gasteiger partial charge is 0.00827 e. The zero-order valence-electron chi connectivity index (χ0n) is 25.5. The molecule has 1 saturated carbocycles. The first-order valence-electron chi connectivity index (χ1n) is 15.5. The highest BCUT2D eigenvalue weighted by molar-refractivity contribution is 5.80. The SMILES string of the molecule is C=C1C=CC(CC(C)(C)C)C(=C)C1CC1=Cc2cccc(-c3cc(C)cc(C)c3C[C@@H]3CCCC3CC)c2C1. The molecule has 0 N–H and O–H groups in total. The zero-order chi connectivity index (χ0) is 27.9. The van der Waals surface area contributed by atoms with E-state index >= 15 is 0 Å². The molecule has 5 rings (SSSR count). The van der Waals surface area contributed by atoms with E-state index in [1.165, 1.54) is 82.2 Å². The van der Waals surface area contributed by atoms with Crippen molar-refractivity contribution in [2.75, 3.05) is 0 Å². The Hall–Kier alpha value is -2.60. The molecule has 0 nitrogen and oxygen atoms in total. The molecular formula is C39H50. The summed E-state index contributed by atoms with van der Waals surface area (Å²) >= 11 is 0. The molecule has 3 aliphatic rings. The standard InChI is InChI=1S/C39H50/c1-9-30-12-10-13-31(30)23-36-27(4)18-25(2)19-38(36)34-15-11-14-32-20-29(22-37(32)34)21-35-26(3)16-17-33(28(35)5)24-39(6,7)8/h11,14-20,30-31,33,35H,3,5,9-10,12-13,21-24H2,1-2,4,6-8H3/t30?,31-,33?,35?/m0/s1. The topological polar surface area (TPSA) is 0 Å². The fourth-order valence-corrected chi connectivity index (χ4v) is 7.87. The number of rotatable bonds is 7. The lowest BCUT2D eigenvalue weighted by molar-refractivity contribution is 0.334. The Morgan fingerprint density at radius 1 is 0.949 bits per heavy atom. The summed E-state index contributed by atoms with van der Waals surface area (Å²) in [4.78, 5) is 0. The van der Waals surface area contributed by atoms with Crippen LogP contribution in [-0.4, -0.2) is 0 Å². The van der Waals surface area contributed by atoms with E-state index in [2.05, 4.69) is 103 Å². The second kappa shape index (κ2) is 11.1. The van der Waals surface area contributed by atoms with Gasteiger partial charge in [-0.3, -0.25) is 0 Å². The van der Waals surface area contributed by atoms with Crippen molar-refractivity contribution in [3.05, 3.63) is 100 Å². The van der Waals surface area contributed by atoms with E-state index in [4.69, 9.17) is 0 Å². The fraction of sp³-hybridized carbons (Fsp3) is 0.487. The largest absolute Gasteiger partial charge is 0.0986 e. The van der Waals surface area contributed by atoms with Crippen molar-refractivity contribution in [2.24, 2.45) is 29.1 Å². The average Bonchev–Trinajstić information content (AvgIpc) is 3.50. The highest BCUT2D eigenvalue weighted by atomic mass is 14.4. The molecule has 0 aliphatic heterocycles. The van der Waals surface area contributed by atoms with Crippen LogP contribution in [0, 0.1) is 42.9 Å². The van der Waals surface area contributed by atoms with Crippen molar-refractivity contribution < 1.29 is 0 Å². The lowest BCUT2D eigenvalue weighted by atomic mass is 9.71. The van der Waals surface area contributed by atoms with Crippen LogP contribution in [0.15, 0.2) is 72.4 Å². The number of fused-ring (bicyclic) bond motifs is 1. The summed E-state index contributed by atoms with van der Waals surface area (Å²) in [6, 6.07) is 11.9. The molecule has 0 amide bonds. The van der Waals surface area contributed by atoms with Crippen LogP contribution in [0.2, 0.25) is 0 Å². The summed E-state index contributed by atoms with van der Waals surface area (Å²) < 4.78 is 0. The van der Waals surface area contributed by atoms with Crippen LogP contribution in [0.1, 0.15) is 94.0 Å². The zero-order valence-corrected chi connectivity index (χ0v) is 25.5. The molecule has 4 atom stereocenters. The molecule has 0 spiro atoms. The number of benzene rings is 2. The Bertz CT molecular complexity index is 1320. The Balaban J connectivity index is 1.41. The molecule has 206 valence electrons. The van der Waals surface area contributed by atoms with Gasteiger partial charge in [-0.25, -0.2) is 0 Å². The fourth-order valence-electron chi connectivity index (χ4n) is 7.87. The van der Waals surface area contributed by atoms with Crippen molar-refractivity contribution in [2.45, 2.75) is 92.9 Å². The molecule has 0 heterocycles. The van der Waals surface area contributed by atoms with Gasteiger partial charge in [-0.05, 0) is 108 Å². The van der Waals surface area contributed by atoms with Gasteiger partial charge in [-0.2, -0.15) is 0 Å². The van der Waals surface area contributed by atoms with Crippen molar-refractivity contribution in [3.8, 4) is 11.1 Å². The first kappa shape index (κ1) is 27.9. The van der Waals surface area contributed by atoms with Crippen molar-refractivity contribution in [1.29, 1.82) is 0 Å². The number of allylic oxidation sites excluding steroid dienone is 5. The van der Waals surface area contributed by atoms with Gasteiger partial charge in [-0.15, -0.1) is 0 Å². The maximum absolute atomic E-state index is 4.62. The van der Waals surface area contributed by atoms with Crippen LogP contribution < -0.4 is 0 Å². The lowest BCUT2D eigenvalue weighted by Gasteiger charge is -2.33. The maximum atomic E-state index is 4.62. The summed E-state index contributed by atoms with van der Waals surface area (Å²) in [5, 5.41) is 0. The Morgan fingerprint density at radius 2 is 1.72 bits per heavy atom. The van der Waals surface area contributed by atoms with Crippen LogP contribution >= 0.6 is 0 Å². The molecular weight excluding hydrogens is 468 g/mol. The van der Waals surface area contributed by atoms with Gasteiger partial charge in [0.15, 0.2) is 0 Å². The predicted octanol–water partition coefficient (Wildman–Crippen LogP) is 11.0. The summed E-state index contributed by atoms with van der Waals surface area (Å²) in [6.07, 6.45) is 17.1. The third-order valence-electron chi connectivity index (χ3n) is 9.90. The van der Waals surface area contributed by atoms with Crippen molar-refractivity contribution >= 4 is 6.08 Å². The highest BCUT2D eigenvalue weighted by Gasteiger charge is 2.31. The molecule has 2 aromatic carbocycles. The molecule has 2 aromatic rings. The van der Waals surface area contributed by atoms with Gasteiger partial charge in [0.05, 0.1) is 0 Å². The lowest BCUT2D eigenvalue weighted by Crippen LogP contribution is -2.21. The summed E-state index contributed by atoms with van der Waals surface area (Å²) in [7, 11) is 0. The third-order valence-corrected chi connectivity index (χ3v) is 9.90. The highest BCUT2D eigenvalue weighted by Crippen LogP contribution is 2.45. The number of hydrogen-bond acceptors (Lipinski definition) is 0. The van der Waals surface area contributed by atoms with Crippen LogP contribution in [0.25, 0.3) is 17.2 Å². The van der Waals surface area contributed by atoms with Gasteiger partial charge in [0.25, 0.3) is 0 Å². The average molecular weight is 519 g/mol. The molecule has 39 heavy (non-hydrogen) atoms. The maximum Gasteiger partial charge on any atom is 0.00827 e. The van der Waals surface area contributed by atoms with Gasteiger partial charge in [0.2, 0.25) is 0 Å². The molecule has 0 aromatic heterocycles. The van der Waals surface area contributed by atoms with Gasteiger partial charge >= 0.3 is 0 Å².